The lowest BCUT2D eigenvalue weighted by Crippen LogP contribution is -1.94. The third-order valence-corrected chi connectivity index (χ3v) is 6.53. The fourth-order valence-corrected chi connectivity index (χ4v) is 5.47. The van der Waals surface area contributed by atoms with E-state index < -0.39 is 0 Å². The molecule has 0 heterocycles. The highest BCUT2D eigenvalue weighted by Crippen LogP contribution is 2.51. The Morgan fingerprint density at radius 3 is 2.28 bits per heavy atom. The first-order chi connectivity index (χ1) is 8.85. The molecule has 0 unspecified atom stereocenters. The van der Waals surface area contributed by atoms with Crippen molar-refractivity contribution < 1.29 is 0 Å². The van der Waals surface area contributed by atoms with Crippen molar-refractivity contribution in [2.24, 2.45) is 0 Å². The van der Waals surface area contributed by atoms with Crippen LogP contribution in [0.1, 0.15) is 50.7 Å². The average molecular weight is 260 g/mol. The van der Waals surface area contributed by atoms with E-state index >= 15 is 0 Å². The fourth-order valence-electron chi connectivity index (χ4n) is 2.56. The van der Waals surface area contributed by atoms with Gasteiger partial charge in [-0.15, -0.1) is 0 Å². The standard InChI is InChI=1S/C17H25P/c1-3-5-11-18(12-6-4-2)17-13-15-9-7-8-10-16(15)14-17/h7-10,13H,3-6,11-12,14H2,1-2H3. The summed E-state index contributed by atoms with van der Waals surface area (Å²) in [7, 11) is 0.141. The smallest absolute Gasteiger partial charge is 0.00152 e. The van der Waals surface area contributed by atoms with Crippen LogP contribution >= 0.6 is 7.92 Å². The lowest BCUT2D eigenvalue weighted by atomic mass is 10.1. The molecule has 0 N–H and O–H groups in total. The van der Waals surface area contributed by atoms with Crippen LogP contribution in [0.15, 0.2) is 29.6 Å². The minimum atomic E-state index is 0.141. The zero-order valence-electron chi connectivity index (χ0n) is 11.8. The van der Waals surface area contributed by atoms with E-state index in [1.807, 2.05) is 0 Å². The van der Waals surface area contributed by atoms with Crippen molar-refractivity contribution in [2.45, 2.75) is 46.0 Å². The first-order valence-electron chi connectivity index (χ1n) is 7.38. The number of benzene rings is 1. The number of fused-ring (bicyclic) bond motifs is 1. The van der Waals surface area contributed by atoms with Crippen molar-refractivity contribution in [3.8, 4) is 0 Å². The molecular formula is C17H25P. The fraction of sp³-hybridized carbons (Fsp3) is 0.529. The average Bonchev–Trinajstić information content (AvgIpc) is 2.82. The molecule has 0 bridgehead atoms. The van der Waals surface area contributed by atoms with E-state index in [2.05, 4.69) is 44.2 Å². The number of hydrogen-bond acceptors (Lipinski definition) is 0. The van der Waals surface area contributed by atoms with Crippen LogP contribution in [0, 0.1) is 0 Å². The third kappa shape index (κ3) is 3.45. The Bertz CT molecular complexity index is 398. The van der Waals surface area contributed by atoms with Gasteiger partial charge in [0.15, 0.2) is 0 Å². The molecule has 2 rings (SSSR count). The maximum atomic E-state index is 2.49. The SMILES string of the molecule is CCCCP(CCCC)C1=Cc2ccccc2C1. The largest absolute Gasteiger partial charge is 0.0794 e. The van der Waals surface area contributed by atoms with Crippen LogP contribution in [0.5, 0.6) is 0 Å². The lowest BCUT2D eigenvalue weighted by molar-refractivity contribution is 0.868. The van der Waals surface area contributed by atoms with Gasteiger partial charge in [0.1, 0.15) is 0 Å². The molecular weight excluding hydrogens is 235 g/mol. The van der Waals surface area contributed by atoms with Gasteiger partial charge in [-0.25, -0.2) is 0 Å². The summed E-state index contributed by atoms with van der Waals surface area (Å²) < 4.78 is 0. The molecule has 0 aliphatic heterocycles. The number of allylic oxidation sites excluding steroid dienone is 1. The van der Waals surface area contributed by atoms with Crippen LogP contribution in [0.4, 0.5) is 0 Å². The summed E-state index contributed by atoms with van der Waals surface area (Å²) in [6.45, 7) is 4.62. The Labute approximate surface area is 113 Å². The molecule has 1 aromatic rings. The molecule has 1 heteroatoms. The first kappa shape index (κ1) is 13.8. The van der Waals surface area contributed by atoms with Crippen LogP contribution in [0.25, 0.3) is 6.08 Å². The predicted octanol–water partition coefficient (Wildman–Crippen LogP) is 5.67. The lowest BCUT2D eigenvalue weighted by Gasteiger charge is -2.18. The molecule has 0 atom stereocenters. The maximum Gasteiger partial charge on any atom is -0.00152 e. The Kier molecular flexibility index (Phi) is 5.45. The molecule has 0 radical (unpaired) electrons. The van der Waals surface area contributed by atoms with E-state index in [1.165, 1.54) is 50.0 Å². The van der Waals surface area contributed by atoms with Gasteiger partial charge in [0.2, 0.25) is 0 Å². The van der Waals surface area contributed by atoms with Gasteiger partial charge < -0.3 is 0 Å². The number of unbranched alkanes of at least 4 members (excludes halogenated alkanes) is 2. The van der Waals surface area contributed by atoms with Crippen molar-refractivity contribution >= 4 is 14.0 Å². The second-order valence-electron chi connectivity index (χ2n) is 5.21. The summed E-state index contributed by atoms with van der Waals surface area (Å²) in [6.07, 6.45) is 12.1. The van der Waals surface area contributed by atoms with Crippen LogP contribution in [0.2, 0.25) is 0 Å². The molecule has 1 aliphatic carbocycles. The van der Waals surface area contributed by atoms with E-state index in [0.717, 1.165) is 0 Å². The van der Waals surface area contributed by atoms with Gasteiger partial charge >= 0.3 is 0 Å². The van der Waals surface area contributed by atoms with Crippen LogP contribution in [-0.2, 0) is 6.42 Å². The molecule has 0 aromatic heterocycles. The van der Waals surface area contributed by atoms with E-state index in [1.54, 1.807) is 10.9 Å². The summed E-state index contributed by atoms with van der Waals surface area (Å²) in [6, 6.07) is 8.91. The molecule has 1 aliphatic rings. The molecule has 0 fully saturated rings. The molecule has 0 amide bonds. The number of rotatable bonds is 7. The Morgan fingerprint density at radius 2 is 1.67 bits per heavy atom. The summed E-state index contributed by atoms with van der Waals surface area (Å²) in [5.74, 6) is 0. The predicted molar refractivity (Wildman–Crippen MR) is 84.6 cm³/mol. The van der Waals surface area contributed by atoms with Gasteiger partial charge in [0, 0.05) is 0 Å². The highest BCUT2D eigenvalue weighted by molar-refractivity contribution is 7.62. The Hall–Kier alpha value is -0.610. The van der Waals surface area contributed by atoms with Gasteiger partial charge in [-0.2, -0.15) is 0 Å². The minimum Gasteiger partial charge on any atom is -0.0794 e. The van der Waals surface area contributed by atoms with E-state index in [-0.39, 0.29) is 7.92 Å². The Balaban J connectivity index is 2.04. The first-order valence-corrected chi connectivity index (χ1v) is 9.09. The van der Waals surface area contributed by atoms with Crippen LogP contribution in [0.3, 0.4) is 0 Å². The van der Waals surface area contributed by atoms with E-state index in [0.29, 0.717) is 0 Å². The number of hydrogen-bond donors (Lipinski definition) is 0. The third-order valence-electron chi connectivity index (χ3n) is 3.72. The van der Waals surface area contributed by atoms with Gasteiger partial charge in [-0.3, -0.25) is 0 Å². The second kappa shape index (κ2) is 7.10. The molecule has 0 saturated heterocycles. The molecule has 98 valence electrons. The highest BCUT2D eigenvalue weighted by Gasteiger charge is 2.19. The van der Waals surface area contributed by atoms with Crippen molar-refractivity contribution in [1.82, 2.24) is 0 Å². The van der Waals surface area contributed by atoms with Crippen LogP contribution in [-0.4, -0.2) is 12.3 Å². The zero-order chi connectivity index (χ0) is 12.8. The maximum absolute atomic E-state index is 2.49. The minimum absolute atomic E-state index is 0.141. The second-order valence-corrected chi connectivity index (χ2v) is 7.75. The van der Waals surface area contributed by atoms with Crippen LogP contribution < -0.4 is 0 Å². The molecule has 18 heavy (non-hydrogen) atoms. The monoisotopic (exact) mass is 260 g/mol. The summed E-state index contributed by atoms with van der Waals surface area (Å²) in [5.41, 5.74) is 3.03. The van der Waals surface area contributed by atoms with Gasteiger partial charge in [-0.05, 0) is 48.0 Å². The normalized spacial score (nSPS) is 13.8. The quantitative estimate of drug-likeness (QED) is 0.554. The topological polar surface area (TPSA) is 0 Å². The van der Waals surface area contributed by atoms with Gasteiger partial charge in [0.05, 0.1) is 0 Å². The highest BCUT2D eigenvalue weighted by atomic mass is 31.1. The zero-order valence-corrected chi connectivity index (χ0v) is 12.7. The van der Waals surface area contributed by atoms with Crippen molar-refractivity contribution in [3.63, 3.8) is 0 Å². The van der Waals surface area contributed by atoms with E-state index in [4.69, 9.17) is 0 Å². The van der Waals surface area contributed by atoms with Crippen molar-refractivity contribution in [2.75, 3.05) is 12.3 Å². The van der Waals surface area contributed by atoms with E-state index in [9.17, 15) is 0 Å². The molecule has 1 aromatic carbocycles. The molecule has 0 saturated carbocycles. The summed E-state index contributed by atoms with van der Waals surface area (Å²) in [4.78, 5) is 0. The summed E-state index contributed by atoms with van der Waals surface area (Å²) in [5, 5.41) is 1.76. The molecule has 0 nitrogen and oxygen atoms in total. The van der Waals surface area contributed by atoms with Crippen molar-refractivity contribution in [3.05, 3.63) is 40.7 Å². The molecule has 0 spiro atoms. The van der Waals surface area contributed by atoms with Gasteiger partial charge in [-0.1, -0.05) is 65.0 Å². The Morgan fingerprint density at radius 1 is 1.00 bits per heavy atom. The summed E-state index contributed by atoms with van der Waals surface area (Å²) >= 11 is 0. The van der Waals surface area contributed by atoms with Crippen molar-refractivity contribution in [1.29, 1.82) is 0 Å². The van der Waals surface area contributed by atoms with Gasteiger partial charge in [0.25, 0.3) is 0 Å².